The van der Waals surface area contributed by atoms with Crippen LogP contribution in [0.25, 0.3) is 10.2 Å². The number of nitrogens with zero attached hydrogens (tertiary/aromatic N) is 2. The van der Waals surface area contributed by atoms with Crippen LogP contribution in [0.15, 0.2) is 21.0 Å². The molecule has 4 nitrogen and oxygen atoms in total. The van der Waals surface area contributed by atoms with E-state index in [1.54, 1.807) is 13.1 Å². The van der Waals surface area contributed by atoms with Gasteiger partial charge in [-0.05, 0) is 24.8 Å². The number of thiophene rings is 1. The van der Waals surface area contributed by atoms with Gasteiger partial charge in [0.15, 0.2) is 0 Å². The Hall–Kier alpha value is -0.660. The van der Waals surface area contributed by atoms with Crippen LogP contribution in [-0.4, -0.2) is 19.6 Å². The van der Waals surface area contributed by atoms with E-state index in [4.69, 9.17) is 0 Å². The van der Waals surface area contributed by atoms with E-state index in [1.807, 2.05) is 12.3 Å². The van der Waals surface area contributed by atoms with Crippen LogP contribution in [0.4, 0.5) is 0 Å². The molecule has 0 fully saturated rings. The predicted molar refractivity (Wildman–Crippen MR) is 87.2 cm³/mol. The lowest BCUT2D eigenvalue weighted by Gasteiger charge is -2.21. The van der Waals surface area contributed by atoms with E-state index >= 15 is 0 Å². The second-order valence-electron chi connectivity index (χ2n) is 4.84. The van der Waals surface area contributed by atoms with Crippen LogP contribution in [0.1, 0.15) is 13.3 Å². The van der Waals surface area contributed by atoms with E-state index in [1.165, 1.54) is 20.5 Å². The first-order chi connectivity index (χ1) is 8.87. The molecule has 0 aliphatic carbocycles. The third-order valence-corrected chi connectivity index (χ3v) is 5.40. The molecule has 0 bridgehead atoms. The fourth-order valence-corrected chi connectivity index (χ4v) is 2.98. The lowest BCUT2D eigenvalue weighted by molar-refractivity contribution is 0.524. The van der Waals surface area contributed by atoms with Crippen LogP contribution in [0.5, 0.6) is 0 Å². The maximum absolute atomic E-state index is 12.3. The van der Waals surface area contributed by atoms with Gasteiger partial charge in [0.05, 0.1) is 5.52 Å². The highest BCUT2D eigenvalue weighted by atomic mass is 32.1. The SMILES string of the molecule is Cn1c(=O)n(CC[C@@](C)(S)CS)c(=O)c2sccc21. The van der Waals surface area contributed by atoms with Crippen molar-refractivity contribution in [2.24, 2.45) is 7.05 Å². The third kappa shape index (κ3) is 2.78. The quantitative estimate of drug-likeness (QED) is 0.845. The molecule has 0 saturated carbocycles. The second kappa shape index (κ2) is 5.38. The van der Waals surface area contributed by atoms with Crippen molar-refractivity contribution < 1.29 is 0 Å². The van der Waals surface area contributed by atoms with Crippen LogP contribution in [0.2, 0.25) is 0 Å². The van der Waals surface area contributed by atoms with Gasteiger partial charge < -0.3 is 0 Å². The molecule has 0 amide bonds. The Bertz CT molecular complexity index is 712. The highest BCUT2D eigenvalue weighted by molar-refractivity contribution is 7.85. The van der Waals surface area contributed by atoms with Crippen LogP contribution in [0, 0.1) is 0 Å². The summed E-state index contributed by atoms with van der Waals surface area (Å²) >= 11 is 10.1. The van der Waals surface area contributed by atoms with Gasteiger partial charge in [0.2, 0.25) is 0 Å². The minimum Gasteiger partial charge on any atom is -0.295 e. The van der Waals surface area contributed by atoms with Gasteiger partial charge in [-0.1, -0.05) is 0 Å². The van der Waals surface area contributed by atoms with Gasteiger partial charge in [-0.3, -0.25) is 13.9 Å². The zero-order valence-electron chi connectivity index (χ0n) is 10.8. The molecule has 2 aromatic heterocycles. The number of thiol groups is 2. The summed E-state index contributed by atoms with van der Waals surface area (Å²) in [7, 11) is 1.69. The number of aromatic nitrogens is 2. The van der Waals surface area contributed by atoms with E-state index in [0.29, 0.717) is 28.9 Å². The summed E-state index contributed by atoms with van der Waals surface area (Å²) in [6, 6.07) is 1.80. The first kappa shape index (κ1) is 14.7. The largest absolute Gasteiger partial charge is 0.331 e. The zero-order valence-corrected chi connectivity index (χ0v) is 13.4. The Morgan fingerprint density at radius 2 is 2.11 bits per heavy atom. The maximum atomic E-state index is 12.3. The fraction of sp³-hybridized carbons (Fsp3) is 0.500. The van der Waals surface area contributed by atoms with E-state index < -0.39 is 0 Å². The lowest BCUT2D eigenvalue weighted by atomic mass is 10.1. The van der Waals surface area contributed by atoms with E-state index in [-0.39, 0.29) is 16.0 Å². The van der Waals surface area contributed by atoms with Gasteiger partial charge in [0.25, 0.3) is 5.56 Å². The second-order valence-corrected chi connectivity index (χ2v) is 7.15. The molecule has 7 heteroatoms. The van der Waals surface area contributed by atoms with Gasteiger partial charge in [-0.25, -0.2) is 4.79 Å². The van der Waals surface area contributed by atoms with E-state index in [9.17, 15) is 9.59 Å². The molecule has 0 aliphatic rings. The van der Waals surface area contributed by atoms with Gasteiger partial charge in [-0.2, -0.15) is 25.3 Å². The molecule has 2 rings (SSSR count). The van der Waals surface area contributed by atoms with Crippen molar-refractivity contribution in [2.45, 2.75) is 24.6 Å². The lowest BCUT2D eigenvalue weighted by Crippen LogP contribution is -2.40. The summed E-state index contributed by atoms with van der Waals surface area (Å²) < 4.78 is 3.13. The van der Waals surface area contributed by atoms with Crippen molar-refractivity contribution in [3.63, 3.8) is 0 Å². The Kier molecular flexibility index (Phi) is 4.17. The standard InChI is InChI=1S/C12H16N2O2S3/c1-12(18,7-17)4-5-14-10(15)9-8(3-6-19-9)13(2)11(14)16/h3,6,17-18H,4-5,7H2,1-2H3/t12-/m1/s1. The molecule has 0 saturated heterocycles. The van der Waals surface area contributed by atoms with E-state index in [2.05, 4.69) is 25.3 Å². The summed E-state index contributed by atoms with van der Waals surface area (Å²) in [5, 5.41) is 1.83. The summed E-state index contributed by atoms with van der Waals surface area (Å²) in [6.07, 6.45) is 0.617. The predicted octanol–water partition coefficient (Wildman–Crippen LogP) is 1.77. The van der Waals surface area contributed by atoms with Gasteiger partial charge in [0.1, 0.15) is 4.70 Å². The number of rotatable bonds is 4. The Morgan fingerprint density at radius 3 is 2.74 bits per heavy atom. The topological polar surface area (TPSA) is 44.0 Å². The Balaban J connectivity index is 2.49. The molecule has 2 aromatic rings. The molecule has 0 spiro atoms. The molecule has 0 radical (unpaired) electrons. The molecule has 0 N–H and O–H groups in total. The molecule has 19 heavy (non-hydrogen) atoms. The summed E-state index contributed by atoms with van der Waals surface area (Å²) in [4.78, 5) is 24.5. The number of fused-ring (bicyclic) bond motifs is 1. The van der Waals surface area contributed by atoms with Crippen molar-refractivity contribution in [3.05, 3.63) is 32.3 Å². The minimum absolute atomic E-state index is 0.212. The molecular weight excluding hydrogens is 300 g/mol. The summed E-state index contributed by atoms with van der Waals surface area (Å²) in [6.45, 7) is 2.31. The third-order valence-electron chi connectivity index (χ3n) is 3.18. The Morgan fingerprint density at radius 1 is 1.42 bits per heavy atom. The van der Waals surface area contributed by atoms with Crippen molar-refractivity contribution in [1.82, 2.24) is 9.13 Å². The molecule has 104 valence electrons. The average Bonchev–Trinajstić information content (AvgIpc) is 2.85. The van der Waals surface area contributed by atoms with Crippen molar-refractivity contribution in [2.75, 3.05) is 5.75 Å². The highest BCUT2D eigenvalue weighted by Gasteiger charge is 2.19. The molecule has 0 aromatic carbocycles. The first-order valence-corrected chi connectivity index (χ1v) is 7.83. The van der Waals surface area contributed by atoms with Crippen LogP contribution < -0.4 is 11.2 Å². The number of hydrogen-bond acceptors (Lipinski definition) is 5. The molecule has 1 atom stereocenters. The smallest absolute Gasteiger partial charge is 0.295 e. The molecule has 2 heterocycles. The average molecular weight is 316 g/mol. The van der Waals surface area contributed by atoms with Crippen molar-refractivity contribution >= 4 is 46.8 Å². The van der Waals surface area contributed by atoms with E-state index in [0.717, 1.165) is 0 Å². The van der Waals surface area contributed by atoms with Crippen molar-refractivity contribution in [1.29, 1.82) is 0 Å². The monoisotopic (exact) mass is 316 g/mol. The summed E-state index contributed by atoms with van der Waals surface area (Å²) in [5.41, 5.74) is 0.203. The minimum atomic E-state index is -0.294. The highest BCUT2D eigenvalue weighted by Crippen LogP contribution is 2.20. The molecular formula is C12H16N2O2S3. The molecule has 0 unspecified atom stereocenters. The Labute approximate surface area is 125 Å². The van der Waals surface area contributed by atoms with Crippen LogP contribution in [0.3, 0.4) is 0 Å². The summed E-state index contributed by atoms with van der Waals surface area (Å²) in [5.74, 6) is 0.590. The van der Waals surface area contributed by atoms with Crippen LogP contribution >= 0.6 is 36.6 Å². The zero-order chi connectivity index (χ0) is 14.2. The number of hydrogen-bond donors (Lipinski definition) is 2. The van der Waals surface area contributed by atoms with Gasteiger partial charge in [0, 0.05) is 24.1 Å². The van der Waals surface area contributed by atoms with Crippen LogP contribution in [-0.2, 0) is 13.6 Å². The van der Waals surface area contributed by atoms with Gasteiger partial charge in [-0.15, -0.1) is 11.3 Å². The number of aryl methyl sites for hydroxylation is 1. The van der Waals surface area contributed by atoms with Crippen molar-refractivity contribution in [3.8, 4) is 0 Å². The normalized spacial score (nSPS) is 14.7. The first-order valence-electron chi connectivity index (χ1n) is 5.87. The van der Waals surface area contributed by atoms with Gasteiger partial charge >= 0.3 is 5.69 Å². The maximum Gasteiger partial charge on any atom is 0.331 e. The molecule has 0 aliphatic heterocycles. The fourth-order valence-electron chi connectivity index (χ4n) is 1.85.